The van der Waals surface area contributed by atoms with Crippen molar-refractivity contribution in [2.75, 3.05) is 6.61 Å². The molecule has 0 aromatic carbocycles. The van der Waals surface area contributed by atoms with E-state index < -0.39 is 0 Å². The second-order valence-electron chi connectivity index (χ2n) is 4.77. The number of ether oxygens (including phenoxy) is 1. The molecule has 1 aliphatic heterocycles. The SMILES string of the molecule is CCCC1CCC(C2CCO2)CC1. The first kappa shape index (κ1) is 9.51. The zero-order chi connectivity index (χ0) is 9.10. The Balaban J connectivity index is 1.69. The smallest absolute Gasteiger partial charge is 0.0625 e. The van der Waals surface area contributed by atoms with Gasteiger partial charge in [0.2, 0.25) is 0 Å². The van der Waals surface area contributed by atoms with Crippen LogP contribution in [-0.2, 0) is 4.74 Å². The first-order valence-electron chi connectivity index (χ1n) is 6.01. The van der Waals surface area contributed by atoms with Crippen LogP contribution >= 0.6 is 0 Å². The van der Waals surface area contributed by atoms with E-state index in [1.807, 2.05) is 0 Å². The van der Waals surface area contributed by atoms with Crippen molar-refractivity contribution in [1.82, 2.24) is 0 Å². The van der Waals surface area contributed by atoms with E-state index in [1.54, 1.807) is 0 Å². The van der Waals surface area contributed by atoms with E-state index in [1.165, 1.54) is 44.9 Å². The van der Waals surface area contributed by atoms with Crippen molar-refractivity contribution in [3.63, 3.8) is 0 Å². The van der Waals surface area contributed by atoms with E-state index in [4.69, 9.17) is 4.74 Å². The average molecular weight is 182 g/mol. The summed E-state index contributed by atoms with van der Waals surface area (Å²) in [5.74, 6) is 1.96. The Morgan fingerprint density at radius 3 is 2.23 bits per heavy atom. The maximum Gasteiger partial charge on any atom is 0.0625 e. The van der Waals surface area contributed by atoms with Gasteiger partial charge in [-0.15, -0.1) is 0 Å². The van der Waals surface area contributed by atoms with Crippen molar-refractivity contribution in [3.05, 3.63) is 0 Å². The predicted molar refractivity (Wildman–Crippen MR) is 54.7 cm³/mol. The monoisotopic (exact) mass is 182 g/mol. The maximum absolute atomic E-state index is 5.57. The molecule has 2 fully saturated rings. The third-order valence-corrected chi connectivity index (χ3v) is 3.85. The van der Waals surface area contributed by atoms with Crippen LogP contribution in [-0.4, -0.2) is 12.7 Å². The number of rotatable bonds is 3. The molecular formula is C12H22O. The molecule has 0 N–H and O–H groups in total. The van der Waals surface area contributed by atoms with Crippen molar-refractivity contribution in [2.45, 2.75) is 58.0 Å². The summed E-state index contributed by atoms with van der Waals surface area (Å²) in [5, 5.41) is 0. The minimum Gasteiger partial charge on any atom is -0.378 e. The molecule has 0 aromatic rings. The third-order valence-electron chi connectivity index (χ3n) is 3.85. The lowest BCUT2D eigenvalue weighted by atomic mass is 9.76. The minimum atomic E-state index is 0.655. The molecule has 2 rings (SSSR count). The zero-order valence-electron chi connectivity index (χ0n) is 8.80. The number of hydrogen-bond acceptors (Lipinski definition) is 1. The highest BCUT2D eigenvalue weighted by Crippen LogP contribution is 2.37. The molecule has 1 atom stereocenters. The Labute approximate surface area is 81.9 Å². The van der Waals surface area contributed by atoms with E-state index in [2.05, 4.69) is 6.92 Å². The third kappa shape index (κ3) is 2.25. The van der Waals surface area contributed by atoms with Crippen molar-refractivity contribution < 1.29 is 4.74 Å². The van der Waals surface area contributed by atoms with Crippen molar-refractivity contribution in [1.29, 1.82) is 0 Å². The summed E-state index contributed by atoms with van der Waals surface area (Å²) in [7, 11) is 0. The molecule has 1 unspecified atom stereocenters. The van der Waals surface area contributed by atoms with Gasteiger partial charge in [0.05, 0.1) is 6.10 Å². The molecule has 1 heteroatoms. The first-order chi connectivity index (χ1) is 6.40. The normalized spacial score (nSPS) is 39.9. The highest BCUT2D eigenvalue weighted by atomic mass is 16.5. The predicted octanol–water partition coefficient (Wildman–Crippen LogP) is 3.38. The van der Waals surface area contributed by atoms with Gasteiger partial charge in [-0.3, -0.25) is 0 Å². The Morgan fingerprint density at radius 2 is 1.77 bits per heavy atom. The second kappa shape index (κ2) is 4.45. The van der Waals surface area contributed by atoms with Crippen LogP contribution in [0.15, 0.2) is 0 Å². The summed E-state index contributed by atoms with van der Waals surface area (Å²) in [6, 6.07) is 0. The molecule has 1 saturated heterocycles. The molecule has 0 amide bonds. The topological polar surface area (TPSA) is 9.23 Å². The lowest BCUT2D eigenvalue weighted by molar-refractivity contribution is -0.0947. The van der Waals surface area contributed by atoms with Gasteiger partial charge >= 0.3 is 0 Å². The van der Waals surface area contributed by atoms with Crippen LogP contribution in [0.5, 0.6) is 0 Å². The average Bonchev–Trinajstić information content (AvgIpc) is 2.06. The van der Waals surface area contributed by atoms with Crippen molar-refractivity contribution in [3.8, 4) is 0 Å². The molecular weight excluding hydrogens is 160 g/mol. The van der Waals surface area contributed by atoms with Crippen LogP contribution in [0.25, 0.3) is 0 Å². The van der Waals surface area contributed by atoms with Gasteiger partial charge in [0, 0.05) is 6.61 Å². The molecule has 13 heavy (non-hydrogen) atoms. The van der Waals surface area contributed by atoms with Crippen LogP contribution in [0.4, 0.5) is 0 Å². The lowest BCUT2D eigenvalue weighted by Crippen LogP contribution is -2.36. The fourth-order valence-corrected chi connectivity index (χ4v) is 2.88. The van der Waals surface area contributed by atoms with Gasteiger partial charge in [-0.2, -0.15) is 0 Å². The van der Waals surface area contributed by atoms with Crippen molar-refractivity contribution in [2.24, 2.45) is 11.8 Å². The van der Waals surface area contributed by atoms with E-state index in [0.717, 1.165) is 18.4 Å². The van der Waals surface area contributed by atoms with Gasteiger partial charge in [-0.25, -0.2) is 0 Å². The summed E-state index contributed by atoms with van der Waals surface area (Å²) < 4.78 is 5.57. The summed E-state index contributed by atoms with van der Waals surface area (Å²) in [5.41, 5.74) is 0. The largest absolute Gasteiger partial charge is 0.378 e. The van der Waals surface area contributed by atoms with E-state index in [-0.39, 0.29) is 0 Å². The highest BCUT2D eigenvalue weighted by molar-refractivity contribution is 4.81. The molecule has 1 heterocycles. The van der Waals surface area contributed by atoms with Gasteiger partial charge < -0.3 is 4.74 Å². The Morgan fingerprint density at radius 1 is 1.08 bits per heavy atom. The summed E-state index contributed by atoms with van der Waals surface area (Å²) in [4.78, 5) is 0. The first-order valence-corrected chi connectivity index (χ1v) is 6.01. The molecule has 1 saturated carbocycles. The lowest BCUT2D eigenvalue weighted by Gasteiger charge is -2.38. The van der Waals surface area contributed by atoms with Crippen molar-refractivity contribution >= 4 is 0 Å². The summed E-state index contributed by atoms with van der Waals surface area (Å²) >= 11 is 0. The summed E-state index contributed by atoms with van der Waals surface area (Å²) in [6.07, 6.45) is 10.6. The molecule has 0 spiro atoms. The van der Waals surface area contributed by atoms with Crippen LogP contribution < -0.4 is 0 Å². The molecule has 2 aliphatic rings. The van der Waals surface area contributed by atoms with Gasteiger partial charge in [0.15, 0.2) is 0 Å². The molecule has 76 valence electrons. The molecule has 0 aromatic heterocycles. The van der Waals surface area contributed by atoms with Crippen LogP contribution in [0.3, 0.4) is 0 Å². The van der Waals surface area contributed by atoms with Crippen LogP contribution in [0.2, 0.25) is 0 Å². The summed E-state index contributed by atoms with van der Waals surface area (Å²) in [6.45, 7) is 3.33. The standard InChI is InChI=1S/C12H22O/c1-2-3-10-4-6-11(7-5-10)12-8-9-13-12/h10-12H,2-9H2,1H3. The Hall–Kier alpha value is -0.0400. The highest BCUT2D eigenvalue weighted by Gasteiger charge is 2.31. The molecule has 1 aliphatic carbocycles. The molecule has 1 nitrogen and oxygen atoms in total. The van der Waals surface area contributed by atoms with Gasteiger partial charge in [0.1, 0.15) is 0 Å². The minimum absolute atomic E-state index is 0.655. The molecule has 0 bridgehead atoms. The Bertz CT molecular complexity index is 143. The maximum atomic E-state index is 5.57. The Kier molecular flexibility index (Phi) is 3.26. The quantitative estimate of drug-likeness (QED) is 0.650. The van der Waals surface area contributed by atoms with Gasteiger partial charge in [-0.05, 0) is 31.1 Å². The number of hydrogen-bond donors (Lipinski definition) is 0. The fraction of sp³-hybridized carbons (Fsp3) is 1.00. The van der Waals surface area contributed by atoms with Gasteiger partial charge in [0.25, 0.3) is 0 Å². The van der Waals surface area contributed by atoms with E-state index in [0.29, 0.717) is 6.10 Å². The van der Waals surface area contributed by atoms with Crippen LogP contribution in [0.1, 0.15) is 51.9 Å². The van der Waals surface area contributed by atoms with E-state index in [9.17, 15) is 0 Å². The zero-order valence-corrected chi connectivity index (χ0v) is 8.80. The van der Waals surface area contributed by atoms with Crippen LogP contribution in [0, 0.1) is 11.8 Å². The second-order valence-corrected chi connectivity index (χ2v) is 4.77. The van der Waals surface area contributed by atoms with Gasteiger partial charge in [-0.1, -0.05) is 32.6 Å². The molecule has 0 radical (unpaired) electrons. The fourth-order valence-electron chi connectivity index (χ4n) is 2.88. The van der Waals surface area contributed by atoms with E-state index >= 15 is 0 Å².